The average Bonchev–Trinajstić information content (AvgIpc) is 3.27. The van der Waals surface area contributed by atoms with Crippen LogP contribution in [0.15, 0.2) is 47.5 Å². The van der Waals surface area contributed by atoms with Gasteiger partial charge in [0, 0.05) is 0 Å². The number of rotatable bonds is 8. The predicted octanol–water partition coefficient (Wildman–Crippen LogP) is 9.17. The van der Waals surface area contributed by atoms with Gasteiger partial charge in [0.15, 0.2) is 0 Å². The number of hydrogen-bond donors (Lipinski definition) is 0. The van der Waals surface area contributed by atoms with E-state index in [2.05, 4.69) is 92.4 Å². The molecule has 2 atom stereocenters. The molecule has 0 spiro atoms. The Balaban J connectivity index is 0.00000204. The summed E-state index contributed by atoms with van der Waals surface area (Å²) in [7, 11) is 0. The van der Waals surface area contributed by atoms with Crippen molar-refractivity contribution in [3.8, 4) is 0 Å². The molecule has 2 unspecified atom stereocenters. The van der Waals surface area contributed by atoms with Gasteiger partial charge in [0.2, 0.25) is 0 Å². The minimum Gasteiger partial charge on any atom is -0.147 e. The fourth-order valence-electron chi connectivity index (χ4n) is 7.09. The van der Waals surface area contributed by atoms with E-state index in [0.717, 1.165) is 0 Å². The van der Waals surface area contributed by atoms with Crippen LogP contribution in [0.25, 0.3) is 12.2 Å². The first kappa shape index (κ1) is 29.8. The van der Waals surface area contributed by atoms with E-state index in [4.69, 9.17) is 0 Å². The van der Waals surface area contributed by atoms with Gasteiger partial charge >= 0.3 is 200 Å². The topological polar surface area (TPSA) is 0 Å². The molecule has 0 fully saturated rings. The second kappa shape index (κ2) is 11.3. The first-order valence-corrected chi connectivity index (χ1v) is 26.5. The molecule has 186 valence electrons. The van der Waals surface area contributed by atoms with Crippen LogP contribution in [0, 0.1) is 0 Å². The molecule has 0 saturated carbocycles. The monoisotopic (exact) mass is 592 g/mol. The normalized spacial score (nSPS) is 18.9. The Hall–Kier alpha value is -0.400. The molecule has 0 radical (unpaired) electrons. The van der Waals surface area contributed by atoms with E-state index in [-0.39, 0.29) is 24.8 Å². The molecule has 0 aromatic heterocycles. The second-order valence-corrected chi connectivity index (χ2v) is 42.1. The molecule has 2 aliphatic carbocycles. The molecule has 0 bridgehead atoms. The molecule has 2 aliphatic rings. The molecule has 4 heteroatoms. The van der Waals surface area contributed by atoms with E-state index in [9.17, 15) is 0 Å². The summed E-state index contributed by atoms with van der Waals surface area (Å²) >= 11 is -3.31. The maximum atomic E-state index is 2.76. The molecule has 0 saturated heterocycles. The van der Waals surface area contributed by atoms with E-state index < -0.39 is 17.4 Å². The average molecular weight is 595 g/mol. The predicted molar refractivity (Wildman–Crippen MR) is 158 cm³/mol. The fraction of sp³-hybridized carbons (Fsp3) is 0.467. The molecule has 0 aliphatic heterocycles. The van der Waals surface area contributed by atoms with Gasteiger partial charge in [0.1, 0.15) is 0 Å². The number of halogens is 2. The summed E-state index contributed by atoms with van der Waals surface area (Å²) in [5.74, 6) is 0. The van der Waals surface area contributed by atoms with Crippen molar-refractivity contribution in [3.05, 3.63) is 80.9 Å². The quantitative estimate of drug-likeness (QED) is 0.267. The van der Waals surface area contributed by atoms with Gasteiger partial charge in [0.05, 0.1) is 0 Å². The third kappa shape index (κ3) is 5.18. The Morgan fingerprint density at radius 3 is 1.44 bits per heavy atom. The van der Waals surface area contributed by atoms with Crippen LogP contribution in [0.3, 0.4) is 0 Å². The first-order chi connectivity index (χ1) is 15.2. The van der Waals surface area contributed by atoms with Gasteiger partial charge in [-0.1, -0.05) is 0 Å². The summed E-state index contributed by atoms with van der Waals surface area (Å²) in [4.78, 5) is 0. The summed E-state index contributed by atoms with van der Waals surface area (Å²) in [6.07, 6.45) is 12.7. The maximum Gasteiger partial charge on any atom is -0.147 e. The SMILES string of the molecule is CCCCc1cccc2c1C=C(C)[CH]2[Zr]([CH3])([CH3])(=[SiH2])[CH]1C(C)=Cc2c(CCCC)cccc21.Cl.Cl. The van der Waals surface area contributed by atoms with E-state index in [1.807, 2.05) is 0 Å². The maximum absolute atomic E-state index is 3.31. The van der Waals surface area contributed by atoms with Crippen molar-refractivity contribution < 1.29 is 17.4 Å². The van der Waals surface area contributed by atoms with Gasteiger partial charge in [-0.15, -0.1) is 24.8 Å². The zero-order valence-electron chi connectivity index (χ0n) is 22.0. The van der Waals surface area contributed by atoms with Crippen molar-refractivity contribution in [2.45, 2.75) is 82.7 Å². The molecule has 2 aromatic rings. The number of fused-ring (bicyclic) bond motifs is 2. The van der Waals surface area contributed by atoms with E-state index in [1.54, 1.807) is 44.5 Å². The smallest absolute Gasteiger partial charge is 0.147 e. The molecule has 0 heterocycles. The third-order valence-electron chi connectivity index (χ3n) is 8.23. The number of unbranched alkanes of at least 4 members (excludes halogenated alkanes) is 2. The number of aryl methyl sites for hydroxylation is 2. The van der Waals surface area contributed by atoms with Gasteiger partial charge in [-0.25, -0.2) is 0 Å². The van der Waals surface area contributed by atoms with Crippen molar-refractivity contribution in [1.82, 2.24) is 0 Å². The molecule has 4 rings (SSSR count). The summed E-state index contributed by atoms with van der Waals surface area (Å²) in [5, 5.41) is 0. The Morgan fingerprint density at radius 2 is 1.09 bits per heavy atom. The Labute approximate surface area is 223 Å². The van der Waals surface area contributed by atoms with Gasteiger partial charge in [-0.2, -0.15) is 0 Å². The van der Waals surface area contributed by atoms with E-state index in [0.29, 0.717) is 7.25 Å². The largest absolute Gasteiger partial charge is 0.147 e. The Kier molecular flexibility index (Phi) is 9.94. The Bertz CT molecular complexity index is 1080. The van der Waals surface area contributed by atoms with Crippen LogP contribution in [0.5, 0.6) is 0 Å². The van der Waals surface area contributed by atoms with Crippen LogP contribution in [0.2, 0.25) is 9.26 Å². The molecular formula is C30H44Cl2SiZr. The van der Waals surface area contributed by atoms with Crippen LogP contribution < -0.4 is 0 Å². The summed E-state index contributed by atoms with van der Waals surface area (Å²) in [6, 6.07) is 14.4. The summed E-state index contributed by atoms with van der Waals surface area (Å²) < 4.78 is 6.80. The molecule has 0 N–H and O–H groups in total. The molecule has 2 aromatic carbocycles. The second-order valence-electron chi connectivity index (χ2n) is 11.6. The summed E-state index contributed by atoms with van der Waals surface area (Å²) in [6.45, 7) is 11.9. The van der Waals surface area contributed by atoms with Gasteiger partial charge in [-0.05, 0) is 0 Å². The van der Waals surface area contributed by atoms with Crippen molar-refractivity contribution in [1.29, 1.82) is 0 Å². The van der Waals surface area contributed by atoms with Crippen LogP contribution >= 0.6 is 24.8 Å². The summed E-state index contributed by atoms with van der Waals surface area (Å²) in [5.41, 5.74) is 12.8. The molecule has 34 heavy (non-hydrogen) atoms. The van der Waals surface area contributed by atoms with Crippen molar-refractivity contribution in [3.63, 3.8) is 0 Å². The Morgan fingerprint density at radius 1 is 0.706 bits per heavy atom. The number of allylic oxidation sites excluding steroid dienone is 2. The molecule has 0 nitrogen and oxygen atoms in total. The van der Waals surface area contributed by atoms with Gasteiger partial charge < -0.3 is 0 Å². The first-order valence-electron chi connectivity index (χ1n) is 12.8. The van der Waals surface area contributed by atoms with Crippen molar-refractivity contribution in [2.75, 3.05) is 0 Å². The van der Waals surface area contributed by atoms with Crippen molar-refractivity contribution >= 4 is 43.8 Å². The molecule has 0 amide bonds. The number of hydrogen-bond acceptors (Lipinski definition) is 0. The van der Waals surface area contributed by atoms with Crippen LogP contribution in [-0.4, -0.2) is 6.88 Å². The third-order valence-corrected chi connectivity index (χ3v) is 26.2. The van der Waals surface area contributed by atoms with Gasteiger partial charge in [-0.3, -0.25) is 0 Å². The van der Waals surface area contributed by atoms with E-state index >= 15 is 0 Å². The zero-order chi connectivity index (χ0) is 23.1. The number of benzene rings is 2. The standard InChI is InChI=1S/2C14H17.2CH3.2ClH.H2Si.Zr/c2*1-3-4-6-12-7-5-8-13-9-11(2)10-14(12)13;;;;;;/h2*5,7-10H,3-4,6H2,1-2H3;2*1H3;2*1H;1H2;. The zero-order valence-corrected chi connectivity index (χ0v) is 27.5. The molecular weight excluding hydrogens is 551 g/mol. The minimum absolute atomic E-state index is 0. The fourth-order valence-corrected chi connectivity index (χ4v) is 28.3. The van der Waals surface area contributed by atoms with Crippen LogP contribution in [-0.2, 0) is 30.2 Å². The van der Waals surface area contributed by atoms with Crippen LogP contribution in [0.1, 0.15) is 94.0 Å². The minimum atomic E-state index is -3.31. The van der Waals surface area contributed by atoms with Crippen molar-refractivity contribution in [2.24, 2.45) is 0 Å². The van der Waals surface area contributed by atoms with Crippen LogP contribution in [0.4, 0.5) is 0 Å². The van der Waals surface area contributed by atoms with E-state index in [1.165, 1.54) is 38.5 Å². The van der Waals surface area contributed by atoms with Gasteiger partial charge in [0.25, 0.3) is 0 Å².